The molecular weight excluding hydrogens is 268 g/mol. The lowest BCUT2D eigenvalue weighted by Gasteiger charge is -2.19. The molecule has 2 atom stereocenters. The summed E-state index contributed by atoms with van der Waals surface area (Å²) in [5.74, 6) is -0.243. The number of hydrogen-bond donors (Lipinski definition) is 3. The number of nitrogens with two attached hydrogens (primary N) is 1. The first-order valence-corrected chi connectivity index (χ1v) is 6.39. The van der Waals surface area contributed by atoms with Gasteiger partial charge < -0.3 is 16.3 Å². The van der Waals surface area contributed by atoms with Gasteiger partial charge in [-0.1, -0.05) is 23.2 Å². The third-order valence-corrected chi connectivity index (χ3v) is 3.51. The molecule has 1 aromatic rings. The molecule has 1 heterocycles. The summed E-state index contributed by atoms with van der Waals surface area (Å²) in [6.07, 6.45) is 3.96. The molecule has 0 bridgehead atoms. The van der Waals surface area contributed by atoms with Crippen LogP contribution < -0.4 is 11.1 Å². The van der Waals surface area contributed by atoms with Gasteiger partial charge in [0.15, 0.2) is 0 Å². The number of carbonyl (C=O) groups excluding carboxylic acids is 1. The molecule has 1 aliphatic rings. The first kappa shape index (κ1) is 13.6. The van der Waals surface area contributed by atoms with Gasteiger partial charge >= 0.3 is 0 Å². The lowest BCUT2D eigenvalue weighted by Crippen LogP contribution is -2.42. The second kappa shape index (κ2) is 5.88. The van der Waals surface area contributed by atoms with Crippen molar-refractivity contribution in [2.24, 2.45) is 16.8 Å². The number of carbonyl (C=O) groups is 1. The zero-order valence-corrected chi connectivity index (χ0v) is 11.0. The number of halogens is 1. The number of aromatic nitrogens is 1. The summed E-state index contributed by atoms with van der Waals surface area (Å²) in [5, 5.41) is 15.1. The molecule has 1 aromatic heterocycles. The summed E-state index contributed by atoms with van der Waals surface area (Å²) in [5.41, 5.74) is 5.92. The maximum absolute atomic E-state index is 12.0. The Labute approximate surface area is 115 Å². The van der Waals surface area contributed by atoms with E-state index in [2.05, 4.69) is 15.5 Å². The Hall–Kier alpha value is -1.82. The van der Waals surface area contributed by atoms with E-state index in [0.717, 1.165) is 19.3 Å². The van der Waals surface area contributed by atoms with E-state index in [-0.39, 0.29) is 23.7 Å². The second-order valence-electron chi connectivity index (χ2n) is 4.50. The predicted octanol–water partition coefficient (Wildman–Crippen LogP) is 1.38. The van der Waals surface area contributed by atoms with Crippen molar-refractivity contribution < 1.29 is 10.0 Å². The van der Waals surface area contributed by atoms with Crippen molar-refractivity contribution in [3.63, 3.8) is 0 Å². The van der Waals surface area contributed by atoms with E-state index < -0.39 is 0 Å². The number of pyridine rings is 1. The second-order valence-corrected chi connectivity index (χ2v) is 4.94. The van der Waals surface area contributed by atoms with Crippen LogP contribution in [-0.4, -0.2) is 28.0 Å². The summed E-state index contributed by atoms with van der Waals surface area (Å²) < 4.78 is 0. The minimum absolute atomic E-state index is 0.124. The summed E-state index contributed by atoms with van der Waals surface area (Å²) in [7, 11) is 0. The van der Waals surface area contributed by atoms with Crippen molar-refractivity contribution in [3.8, 4) is 0 Å². The Morgan fingerprint density at radius 2 is 2.32 bits per heavy atom. The number of hydrogen-bond acceptors (Lipinski definition) is 4. The van der Waals surface area contributed by atoms with E-state index in [1.807, 2.05) is 0 Å². The zero-order chi connectivity index (χ0) is 13.8. The van der Waals surface area contributed by atoms with Crippen LogP contribution in [0.25, 0.3) is 0 Å². The van der Waals surface area contributed by atoms with Gasteiger partial charge in [-0.2, -0.15) is 0 Å². The fourth-order valence-corrected chi connectivity index (χ4v) is 2.43. The Bertz CT molecular complexity index is 489. The molecule has 1 aliphatic carbocycles. The van der Waals surface area contributed by atoms with Gasteiger partial charge in [-0.15, -0.1) is 0 Å². The highest BCUT2D eigenvalue weighted by Gasteiger charge is 2.32. The van der Waals surface area contributed by atoms with Crippen molar-refractivity contribution >= 4 is 23.3 Å². The normalized spacial score (nSPS) is 23.3. The molecule has 0 radical (unpaired) electrons. The maximum Gasteiger partial charge on any atom is 0.270 e. The standard InChI is InChI=1S/C12H15ClN4O2/c13-7-4-5-10(15-6-7)12(18)16-9-3-1-2-8(9)11(14)17-19/h4-6,8-9,19H,1-3H2,(H2,14,17)(H,16,18). The lowest BCUT2D eigenvalue weighted by molar-refractivity contribution is 0.0928. The molecule has 0 saturated heterocycles. The number of amides is 1. The number of rotatable bonds is 3. The minimum Gasteiger partial charge on any atom is -0.409 e. The quantitative estimate of drug-likeness (QED) is 0.337. The van der Waals surface area contributed by atoms with Crippen LogP contribution in [0, 0.1) is 5.92 Å². The molecule has 1 amide bonds. The van der Waals surface area contributed by atoms with Gasteiger partial charge in [-0.25, -0.2) is 4.98 Å². The van der Waals surface area contributed by atoms with Gasteiger partial charge in [0.25, 0.3) is 5.91 Å². The van der Waals surface area contributed by atoms with E-state index in [9.17, 15) is 4.79 Å². The van der Waals surface area contributed by atoms with Crippen LogP contribution in [-0.2, 0) is 0 Å². The largest absolute Gasteiger partial charge is 0.409 e. The summed E-state index contributed by atoms with van der Waals surface area (Å²) in [6.45, 7) is 0. The minimum atomic E-state index is -0.278. The average molecular weight is 283 g/mol. The van der Waals surface area contributed by atoms with E-state index in [1.165, 1.54) is 6.20 Å². The first-order chi connectivity index (χ1) is 9.11. The first-order valence-electron chi connectivity index (χ1n) is 6.01. The van der Waals surface area contributed by atoms with Crippen LogP contribution in [0.1, 0.15) is 29.8 Å². The summed E-state index contributed by atoms with van der Waals surface area (Å²) in [6, 6.07) is 3.05. The van der Waals surface area contributed by atoms with Crippen LogP contribution in [0.5, 0.6) is 0 Å². The van der Waals surface area contributed by atoms with Crippen LogP contribution >= 0.6 is 11.6 Å². The smallest absolute Gasteiger partial charge is 0.270 e. The molecule has 2 unspecified atom stereocenters. The molecule has 4 N–H and O–H groups in total. The topological polar surface area (TPSA) is 101 Å². The number of nitrogens with one attached hydrogen (secondary N) is 1. The van der Waals surface area contributed by atoms with Crippen molar-refractivity contribution in [2.75, 3.05) is 0 Å². The van der Waals surface area contributed by atoms with E-state index in [0.29, 0.717) is 10.7 Å². The third-order valence-electron chi connectivity index (χ3n) is 3.29. The van der Waals surface area contributed by atoms with Gasteiger partial charge in [0.1, 0.15) is 11.5 Å². The number of nitrogens with zero attached hydrogens (tertiary/aromatic N) is 2. The Morgan fingerprint density at radius 3 is 2.95 bits per heavy atom. The molecule has 7 heteroatoms. The van der Waals surface area contributed by atoms with E-state index in [4.69, 9.17) is 22.5 Å². The fourth-order valence-electron chi connectivity index (χ4n) is 2.31. The van der Waals surface area contributed by atoms with Crippen LogP contribution in [0.15, 0.2) is 23.5 Å². The highest BCUT2D eigenvalue weighted by atomic mass is 35.5. The van der Waals surface area contributed by atoms with Crippen molar-refractivity contribution in [2.45, 2.75) is 25.3 Å². The molecule has 19 heavy (non-hydrogen) atoms. The van der Waals surface area contributed by atoms with E-state index in [1.54, 1.807) is 12.1 Å². The number of amidine groups is 1. The van der Waals surface area contributed by atoms with Gasteiger partial charge in [-0.05, 0) is 25.0 Å². The third kappa shape index (κ3) is 3.14. The van der Waals surface area contributed by atoms with Gasteiger partial charge in [0.2, 0.25) is 0 Å². The molecule has 102 valence electrons. The highest BCUT2D eigenvalue weighted by Crippen LogP contribution is 2.26. The Kier molecular flexibility index (Phi) is 4.21. The summed E-state index contributed by atoms with van der Waals surface area (Å²) >= 11 is 5.72. The van der Waals surface area contributed by atoms with Gasteiger partial charge in [0, 0.05) is 18.2 Å². The molecule has 1 saturated carbocycles. The molecule has 1 fully saturated rings. The highest BCUT2D eigenvalue weighted by molar-refractivity contribution is 6.30. The van der Waals surface area contributed by atoms with Crippen molar-refractivity contribution in [1.29, 1.82) is 0 Å². The predicted molar refractivity (Wildman–Crippen MR) is 71.3 cm³/mol. The van der Waals surface area contributed by atoms with Gasteiger partial charge in [0.05, 0.1) is 5.02 Å². The zero-order valence-electron chi connectivity index (χ0n) is 10.2. The maximum atomic E-state index is 12.0. The SMILES string of the molecule is NC(=NO)C1CCCC1NC(=O)c1ccc(Cl)cn1. The molecule has 2 rings (SSSR count). The van der Waals surface area contributed by atoms with Crippen LogP contribution in [0.2, 0.25) is 5.02 Å². The molecular formula is C12H15ClN4O2. The van der Waals surface area contributed by atoms with Crippen molar-refractivity contribution in [3.05, 3.63) is 29.0 Å². The molecule has 0 aromatic carbocycles. The lowest BCUT2D eigenvalue weighted by atomic mass is 10.0. The number of oxime groups is 1. The van der Waals surface area contributed by atoms with E-state index >= 15 is 0 Å². The monoisotopic (exact) mass is 282 g/mol. The fraction of sp³-hybridized carbons (Fsp3) is 0.417. The van der Waals surface area contributed by atoms with Crippen molar-refractivity contribution in [1.82, 2.24) is 10.3 Å². The van der Waals surface area contributed by atoms with Crippen LogP contribution in [0.4, 0.5) is 0 Å². The van der Waals surface area contributed by atoms with Gasteiger partial charge in [-0.3, -0.25) is 4.79 Å². The average Bonchev–Trinajstić information content (AvgIpc) is 2.86. The Morgan fingerprint density at radius 1 is 1.53 bits per heavy atom. The molecule has 0 spiro atoms. The molecule has 6 nitrogen and oxygen atoms in total. The van der Waals surface area contributed by atoms with Crippen LogP contribution in [0.3, 0.4) is 0 Å². The molecule has 0 aliphatic heterocycles. The Balaban J connectivity index is 2.04. The summed E-state index contributed by atoms with van der Waals surface area (Å²) in [4.78, 5) is 16.0.